The van der Waals surface area contributed by atoms with Crippen LogP contribution in [0.1, 0.15) is 328 Å². The van der Waals surface area contributed by atoms with Crippen molar-refractivity contribution in [3.05, 3.63) is 109 Å². The number of esters is 2. The minimum atomic E-state index is -1.63. The maximum Gasteiger partial charge on any atom is 0.306 e. The first-order valence-corrected chi connectivity index (χ1v) is 37.5. The standard InChI is InChI=1S/C81H141NO8/c1-6-8-10-12-14-16-18-20-22-24-26-28-30-32-33-34-35-36-37-38-39-40-41-42-43-44-45-46-47-48-50-52-54-56-58-60-62-64-66-68-70-72-79(84)90-77(76-89-81(80(85)86)87-74-73-82(3,4)5)75-88-78(83)71-69-67-65-63-61-59-57-55-53-51-49-31-29-27-25-23-21-19-17-15-13-11-9-7-2/h8,10,14,16,20,22,26,28,32-33,35-36,38-39,41-42,44-45,77,81H,6-7,9,11-13,15,17-19,21,23-25,27,29-31,34,37,40,43,46-76H2,1-5H3/b10-8-,16-14-,22-20-,28-26-,33-32-,36-35-,39-38-,42-41-,45-44-. The molecule has 2 atom stereocenters. The number of rotatable bonds is 69. The normalized spacial score (nSPS) is 13.3. The summed E-state index contributed by atoms with van der Waals surface area (Å²) in [6, 6.07) is 0. The third kappa shape index (κ3) is 71.4. The number of likely N-dealkylation sites (N-methyl/N-ethyl adjacent to an activating group) is 1. The Bertz CT molecular complexity index is 1850. The van der Waals surface area contributed by atoms with Crippen LogP contribution in [0.15, 0.2) is 109 Å². The smallest absolute Gasteiger partial charge is 0.306 e. The summed E-state index contributed by atoms with van der Waals surface area (Å²) in [5, 5.41) is 11.8. The number of hydrogen-bond donors (Lipinski definition) is 0. The van der Waals surface area contributed by atoms with E-state index in [4.69, 9.17) is 18.9 Å². The highest BCUT2D eigenvalue weighted by Crippen LogP contribution is 2.18. The lowest BCUT2D eigenvalue weighted by atomic mass is 10.0. The summed E-state index contributed by atoms with van der Waals surface area (Å²) < 4.78 is 22.8. The Morgan fingerprint density at radius 2 is 0.633 bits per heavy atom. The van der Waals surface area contributed by atoms with Gasteiger partial charge >= 0.3 is 11.9 Å². The van der Waals surface area contributed by atoms with Gasteiger partial charge in [-0.1, -0.05) is 342 Å². The number of carbonyl (C=O) groups excluding carboxylic acids is 3. The molecule has 9 nitrogen and oxygen atoms in total. The summed E-state index contributed by atoms with van der Waals surface area (Å²) >= 11 is 0. The molecule has 0 fully saturated rings. The first-order valence-electron chi connectivity index (χ1n) is 37.5. The second-order valence-corrected chi connectivity index (χ2v) is 26.2. The van der Waals surface area contributed by atoms with Gasteiger partial charge in [0.2, 0.25) is 0 Å². The molecule has 9 heteroatoms. The number of ether oxygens (including phenoxy) is 4. The Morgan fingerprint density at radius 3 is 0.944 bits per heavy atom. The van der Waals surface area contributed by atoms with Gasteiger partial charge in [-0.15, -0.1) is 0 Å². The summed E-state index contributed by atoms with van der Waals surface area (Å²) in [4.78, 5) is 37.5. The molecule has 0 spiro atoms. The van der Waals surface area contributed by atoms with Crippen LogP contribution in [0, 0.1) is 0 Å². The lowest BCUT2D eigenvalue weighted by Gasteiger charge is -2.26. The molecule has 518 valence electrons. The second kappa shape index (κ2) is 70.8. The number of carboxylic acid groups (broad SMARTS) is 1. The van der Waals surface area contributed by atoms with Crippen molar-refractivity contribution in [2.75, 3.05) is 47.5 Å². The molecule has 0 saturated carbocycles. The Kier molecular flexibility index (Phi) is 67.6. The predicted molar refractivity (Wildman–Crippen MR) is 384 cm³/mol. The number of quaternary nitrogens is 1. The van der Waals surface area contributed by atoms with Crippen molar-refractivity contribution in [3.8, 4) is 0 Å². The third-order valence-electron chi connectivity index (χ3n) is 16.3. The lowest BCUT2D eigenvalue weighted by Crippen LogP contribution is -2.44. The van der Waals surface area contributed by atoms with E-state index in [1.54, 1.807) is 0 Å². The number of allylic oxidation sites excluding steroid dienone is 18. The van der Waals surface area contributed by atoms with Gasteiger partial charge < -0.3 is 33.3 Å². The van der Waals surface area contributed by atoms with E-state index in [-0.39, 0.29) is 32.2 Å². The first kappa shape index (κ1) is 85.9. The van der Waals surface area contributed by atoms with Crippen molar-refractivity contribution in [1.82, 2.24) is 0 Å². The van der Waals surface area contributed by atoms with Gasteiger partial charge in [0.05, 0.1) is 40.3 Å². The van der Waals surface area contributed by atoms with Crippen molar-refractivity contribution in [3.63, 3.8) is 0 Å². The zero-order valence-corrected chi connectivity index (χ0v) is 59.2. The molecule has 90 heavy (non-hydrogen) atoms. The summed E-state index contributed by atoms with van der Waals surface area (Å²) in [6.07, 6.45) is 96.1. The molecule has 0 amide bonds. The van der Waals surface area contributed by atoms with Crippen LogP contribution in [0.3, 0.4) is 0 Å². The zero-order valence-electron chi connectivity index (χ0n) is 59.2. The molecule has 0 aromatic heterocycles. The quantitative estimate of drug-likeness (QED) is 0.0195. The SMILES string of the molecule is CC/C=C\C/C=C\C/C=C\C/C=C\C/C=C\C/C=C\C/C=C\C/C=C\C/C=C\CCCCCCCCCCCCCCCC(=O)OC(COC(=O)CCCCCCCCCCCCCCCCCCCCCCCCCC)COC(OCC[N+](C)(C)C)C(=O)[O-]. The van der Waals surface area contributed by atoms with E-state index in [1.165, 1.54) is 199 Å². The minimum Gasteiger partial charge on any atom is -0.545 e. The maximum absolute atomic E-state index is 13.0. The molecule has 0 aliphatic heterocycles. The van der Waals surface area contributed by atoms with Crippen LogP contribution in [0.25, 0.3) is 0 Å². The zero-order chi connectivity index (χ0) is 65.4. The van der Waals surface area contributed by atoms with Crippen LogP contribution in [-0.4, -0.2) is 82.3 Å². The average Bonchev–Trinajstić information content (AvgIpc) is 3.73. The first-order chi connectivity index (χ1) is 44.1. The average molecular weight is 1260 g/mol. The third-order valence-corrected chi connectivity index (χ3v) is 16.3. The highest BCUT2D eigenvalue weighted by atomic mass is 16.7. The highest BCUT2D eigenvalue weighted by Gasteiger charge is 2.22. The van der Waals surface area contributed by atoms with E-state index < -0.39 is 24.3 Å². The molecule has 2 unspecified atom stereocenters. The van der Waals surface area contributed by atoms with Crippen LogP contribution >= 0.6 is 0 Å². The Labute approximate surface area is 555 Å². The summed E-state index contributed by atoms with van der Waals surface area (Å²) in [5.41, 5.74) is 0. The number of hydrogen-bond acceptors (Lipinski definition) is 8. The number of carboxylic acids is 1. The van der Waals surface area contributed by atoms with E-state index in [1.807, 2.05) is 21.1 Å². The van der Waals surface area contributed by atoms with Crippen molar-refractivity contribution in [2.24, 2.45) is 0 Å². The molecule has 0 radical (unpaired) electrons. The molecular weight excluding hydrogens is 1110 g/mol. The fraction of sp³-hybridized carbons (Fsp3) is 0.741. The van der Waals surface area contributed by atoms with Gasteiger partial charge in [-0.05, 0) is 83.5 Å². The number of nitrogens with zero attached hydrogens (tertiary/aromatic N) is 1. The number of carbonyl (C=O) groups is 3. The van der Waals surface area contributed by atoms with E-state index in [2.05, 4.69) is 123 Å². The fourth-order valence-electron chi connectivity index (χ4n) is 10.6. The van der Waals surface area contributed by atoms with Crippen molar-refractivity contribution in [2.45, 2.75) is 341 Å². The number of aliphatic carboxylic acids is 1. The summed E-state index contributed by atoms with van der Waals surface area (Å²) in [5.74, 6) is -2.27. The molecule has 0 bridgehead atoms. The van der Waals surface area contributed by atoms with Crippen LogP contribution in [0.5, 0.6) is 0 Å². The minimum absolute atomic E-state index is 0.146. The Morgan fingerprint density at radius 1 is 0.344 bits per heavy atom. The van der Waals surface area contributed by atoms with E-state index in [0.717, 1.165) is 96.3 Å². The maximum atomic E-state index is 13.0. The van der Waals surface area contributed by atoms with Crippen molar-refractivity contribution >= 4 is 17.9 Å². The van der Waals surface area contributed by atoms with Crippen LogP contribution in [0.2, 0.25) is 0 Å². The van der Waals surface area contributed by atoms with Crippen LogP contribution in [0.4, 0.5) is 0 Å². The molecule has 0 rings (SSSR count). The number of unbranched alkanes of at least 4 members (excludes halogenated alkanes) is 36. The Hall–Kier alpha value is -4.05. The monoisotopic (exact) mass is 1260 g/mol. The van der Waals surface area contributed by atoms with Gasteiger partial charge in [0.15, 0.2) is 12.4 Å². The summed E-state index contributed by atoms with van der Waals surface area (Å²) in [6.45, 7) is 4.68. The molecule has 0 N–H and O–H groups in total. The molecular formula is C81H141NO8. The molecule has 0 aromatic carbocycles. The molecule has 0 heterocycles. The van der Waals surface area contributed by atoms with Gasteiger partial charge in [0.1, 0.15) is 13.2 Å². The van der Waals surface area contributed by atoms with Gasteiger partial charge in [0, 0.05) is 12.8 Å². The van der Waals surface area contributed by atoms with Gasteiger partial charge in [-0.3, -0.25) is 9.59 Å². The van der Waals surface area contributed by atoms with E-state index >= 15 is 0 Å². The largest absolute Gasteiger partial charge is 0.545 e. The van der Waals surface area contributed by atoms with Gasteiger partial charge in [-0.2, -0.15) is 0 Å². The molecule has 0 aromatic rings. The molecule has 0 saturated heterocycles. The van der Waals surface area contributed by atoms with E-state index in [9.17, 15) is 19.5 Å². The lowest BCUT2D eigenvalue weighted by molar-refractivity contribution is -0.870. The predicted octanol–water partition coefficient (Wildman–Crippen LogP) is 22.4. The topological polar surface area (TPSA) is 111 Å². The Balaban J connectivity index is 4.07. The van der Waals surface area contributed by atoms with Gasteiger partial charge in [0.25, 0.3) is 0 Å². The van der Waals surface area contributed by atoms with Crippen LogP contribution < -0.4 is 5.11 Å². The molecule has 0 aliphatic carbocycles. The fourth-order valence-corrected chi connectivity index (χ4v) is 10.6. The highest BCUT2D eigenvalue weighted by molar-refractivity contribution is 5.70. The van der Waals surface area contributed by atoms with Crippen LogP contribution in [-0.2, 0) is 33.3 Å². The van der Waals surface area contributed by atoms with Crippen molar-refractivity contribution < 1.29 is 42.9 Å². The summed E-state index contributed by atoms with van der Waals surface area (Å²) in [7, 11) is 5.94. The van der Waals surface area contributed by atoms with E-state index in [0.29, 0.717) is 23.9 Å². The second-order valence-electron chi connectivity index (χ2n) is 26.2. The molecule has 0 aliphatic rings. The van der Waals surface area contributed by atoms with Crippen molar-refractivity contribution in [1.29, 1.82) is 0 Å². The van der Waals surface area contributed by atoms with Gasteiger partial charge in [-0.25, -0.2) is 0 Å².